The summed E-state index contributed by atoms with van der Waals surface area (Å²) in [5.74, 6) is 0. The van der Waals surface area contributed by atoms with Crippen LogP contribution in [-0.4, -0.2) is 12.1 Å². The van der Waals surface area contributed by atoms with Gasteiger partial charge in [0.05, 0.1) is 6.04 Å². The summed E-state index contributed by atoms with van der Waals surface area (Å²) in [6, 6.07) is 7.92. The highest BCUT2D eigenvalue weighted by Crippen LogP contribution is 2.17. The molecule has 0 spiro atoms. The lowest BCUT2D eigenvalue weighted by atomic mass is 10.1. The van der Waals surface area contributed by atoms with Gasteiger partial charge in [0, 0.05) is 10.5 Å². The first-order valence-electron chi connectivity index (χ1n) is 5.31. The van der Waals surface area contributed by atoms with Crippen LogP contribution >= 0.6 is 15.9 Å². The van der Waals surface area contributed by atoms with Crippen LogP contribution in [0, 0.1) is 0 Å². The zero-order valence-corrected chi connectivity index (χ0v) is 11.3. The van der Waals surface area contributed by atoms with Gasteiger partial charge in [-0.1, -0.05) is 28.1 Å². The Kier molecular flexibility index (Phi) is 4.80. The third-order valence-electron chi connectivity index (χ3n) is 2.12. The molecule has 0 aliphatic heterocycles. The summed E-state index contributed by atoms with van der Waals surface area (Å²) in [4.78, 5) is 11.5. The molecule has 0 saturated carbocycles. The first-order chi connectivity index (χ1) is 7.49. The van der Waals surface area contributed by atoms with E-state index >= 15 is 0 Å². The van der Waals surface area contributed by atoms with E-state index in [9.17, 15) is 4.79 Å². The molecule has 88 valence electrons. The zero-order chi connectivity index (χ0) is 12.1. The largest absolute Gasteiger partial charge is 0.336 e. The zero-order valence-electron chi connectivity index (χ0n) is 9.75. The number of urea groups is 1. The lowest BCUT2D eigenvalue weighted by molar-refractivity contribution is 0.235. The van der Waals surface area contributed by atoms with E-state index in [0.29, 0.717) is 0 Å². The van der Waals surface area contributed by atoms with E-state index in [4.69, 9.17) is 0 Å². The number of rotatable bonds is 3. The van der Waals surface area contributed by atoms with E-state index in [1.54, 1.807) is 0 Å². The second-order valence-corrected chi connectivity index (χ2v) is 4.96. The predicted molar refractivity (Wildman–Crippen MR) is 69.4 cm³/mol. The third-order valence-corrected chi connectivity index (χ3v) is 2.61. The van der Waals surface area contributed by atoms with Crippen molar-refractivity contribution in [2.45, 2.75) is 32.9 Å². The van der Waals surface area contributed by atoms with E-state index in [2.05, 4.69) is 26.6 Å². The van der Waals surface area contributed by atoms with E-state index in [1.165, 1.54) is 0 Å². The molecule has 16 heavy (non-hydrogen) atoms. The minimum absolute atomic E-state index is 0.00347. The maximum Gasteiger partial charge on any atom is 0.315 e. The molecule has 0 heterocycles. The Labute approximate surface area is 105 Å². The van der Waals surface area contributed by atoms with Gasteiger partial charge < -0.3 is 10.6 Å². The number of hydrogen-bond acceptors (Lipinski definition) is 1. The summed E-state index contributed by atoms with van der Waals surface area (Å²) < 4.78 is 1.02. The topological polar surface area (TPSA) is 41.1 Å². The van der Waals surface area contributed by atoms with Gasteiger partial charge in [-0.2, -0.15) is 0 Å². The number of benzene rings is 1. The summed E-state index contributed by atoms with van der Waals surface area (Å²) in [6.45, 7) is 5.83. The average Bonchev–Trinajstić information content (AvgIpc) is 2.16. The molecule has 1 atom stereocenters. The SMILES string of the molecule is CC(C)NC(=O)NC(C)c1cccc(Br)c1. The van der Waals surface area contributed by atoms with Crippen molar-refractivity contribution in [1.82, 2.24) is 10.6 Å². The smallest absolute Gasteiger partial charge is 0.315 e. The van der Waals surface area contributed by atoms with Crippen LogP contribution in [0.15, 0.2) is 28.7 Å². The molecule has 0 radical (unpaired) electrons. The van der Waals surface area contributed by atoms with Gasteiger partial charge in [0.2, 0.25) is 0 Å². The Hall–Kier alpha value is -1.03. The second-order valence-electron chi connectivity index (χ2n) is 4.05. The Morgan fingerprint density at radius 1 is 1.25 bits per heavy atom. The molecule has 1 rings (SSSR count). The van der Waals surface area contributed by atoms with Gasteiger partial charge in [-0.15, -0.1) is 0 Å². The van der Waals surface area contributed by atoms with Gasteiger partial charge in [0.1, 0.15) is 0 Å². The van der Waals surface area contributed by atoms with Gasteiger partial charge in [-0.3, -0.25) is 0 Å². The van der Waals surface area contributed by atoms with Gasteiger partial charge >= 0.3 is 6.03 Å². The number of halogens is 1. The monoisotopic (exact) mass is 284 g/mol. The lowest BCUT2D eigenvalue weighted by Crippen LogP contribution is -2.40. The van der Waals surface area contributed by atoms with Crippen molar-refractivity contribution in [2.75, 3.05) is 0 Å². The fourth-order valence-electron chi connectivity index (χ4n) is 1.36. The number of nitrogens with one attached hydrogen (secondary N) is 2. The summed E-state index contributed by atoms with van der Waals surface area (Å²) in [6.07, 6.45) is 0. The summed E-state index contributed by atoms with van der Waals surface area (Å²) in [7, 11) is 0. The standard InChI is InChI=1S/C12H17BrN2O/c1-8(2)14-12(16)15-9(3)10-5-4-6-11(13)7-10/h4-9H,1-3H3,(H2,14,15,16). The fourth-order valence-corrected chi connectivity index (χ4v) is 1.78. The van der Waals surface area contributed by atoms with Crippen LogP contribution < -0.4 is 10.6 Å². The van der Waals surface area contributed by atoms with E-state index < -0.39 is 0 Å². The van der Waals surface area contributed by atoms with Crippen LogP contribution in [0.25, 0.3) is 0 Å². The van der Waals surface area contributed by atoms with Crippen molar-refractivity contribution in [1.29, 1.82) is 0 Å². The first kappa shape index (κ1) is 13.0. The quantitative estimate of drug-likeness (QED) is 0.879. The maximum absolute atomic E-state index is 11.5. The number of carbonyl (C=O) groups excluding carboxylic acids is 1. The Morgan fingerprint density at radius 2 is 1.94 bits per heavy atom. The fraction of sp³-hybridized carbons (Fsp3) is 0.417. The van der Waals surface area contributed by atoms with Crippen LogP contribution in [0.5, 0.6) is 0 Å². The molecule has 0 fully saturated rings. The highest BCUT2D eigenvalue weighted by molar-refractivity contribution is 9.10. The van der Waals surface area contributed by atoms with E-state index in [0.717, 1.165) is 10.0 Å². The number of carbonyl (C=O) groups is 1. The number of hydrogen-bond donors (Lipinski definition) is 2. The molecule has 3 nitrogen and oxygen atoms in total. The molecule has 0 bridgehead atoms. The van der Waals surface area contributed by atoms with E-state index in [1.807, 2.05) is 45.0 Å². The van der Waals surface area contributed by atoms with Crippen LogP contribution in [0.2, 0.25) is 0 Å². The van der Waals surface area contributed by atoms with Crippen LogP contribution in [0.3, 0.4) is 0 Å². The molecule has 0 aromatic heterocycles. The first-order valence-corrected chi connectivity index (χ1v) is 6.11. The summed E-state index contributed by atoms with van der Waals surface area (Å²) >= 11 is 3.41. The van der Waals surface area contributed by atoms with Crippen LogP contribution in [0.4, 0.5) is 4.79 Å². The van der Waals surface area contributed by atoms with Crippen molar-refractivity contribution in [3.63, 3.8) is 0 Å². The minimum Gasteiger partial charge on any atom is -0.336 e. The molecule has 2 N–H and O–H groups in total. The van der Waals surface area contributed by atoms with Gasteiger partial charge in [-0.25, -0.2) is 4.79 Å². The van der Waals surface area contributed by atoms with Gasteiger partial charge in [-0.05, 0) is 38.5 Å². The Bertz CT molecular complexity index is 366. The van der Waals surface area contributed by atoms with Crippen LogP contribution in [-0.2, 0) is 0 Å². The molecule has 0 saturated heterocycles. The van der Waals surface area contributed by atoms with Crippen molar-refractivity contribution in [2.24, 2.45) is 0 Å². The van der Waals surface area contributed by atoms with Gasteiger partial charge in [0.25, 0.3) is 0 Å². The summed E-state index contributed by atoms with van der Waals surface area (Å²) in [5, 5.41) is 5.68. The second kappa shape index (κ2) is 5.89. The van der Waals surface area contributed by atoms with Gasteiger partial charge in [0.15, 0.2) is 0 Å². The number of amides is 2. The predicted octanol–water partition coefficient (Wildman–Crippen LogP) is 3.22. The van der Waals surface area contributed by atoms with Crippen LogP contribution in [0.1, 0.15) is 32.4 Å². The average molecular weight is 285 g/mol. The van der Waals surface area contributed by atoms with E-state index in [-0.39, 0.29) is 18.1 Å². The molecule has 0 aliphatic rings. The molecular weight excluding hydrogens is 268 g/mol. The maximum atomic E-state index is 11.5. The lowest BCUT2D eigenvalue weighted by Gasteiger charge is -2.16. The molecular formula is C12H17BrN2O. The van der Waals surface area contributed by atoms with Crippen molar-refractivity contribution >= 4 is 22.0 Å². The molecule has 1 unspecified atom stereocenters. The molecule has 1 aromatic rings. The van der Waals surface area contributed by atoms with Crippen molar-refractivity contribution in [3.8, 4) is 0 Å². The molecule has 4 heteroatoms. The third kappa shape index (κ3) is 4.23. The Morgan fingerprint density at radius 3 is 2.50 bits per heavy atom. The molecule has 0 aliphatic carbocycles. The molecule has 1 aromatic carbocycles. The van der Waals surface area contributed by atoms with Crippen molar-refractivity contribution in [3.05, 3.63) is 34.3 Å². The normalized spacial score (nSPS) is 12.3. The highest BCUT2D eigenvalue weighted by Gasteiger charge is 2.09. The summed E-state index contributed by atoms with van der Waals surface area (Å²) in [5.41, 5.74) is 1.08. The Balaban J connectivity index is 2.58. The minimum atomic E-state index is -0.137. The highest BCUT2D eigenvalue weighted by atomic mass is 79.9. The van der Waals surface area contributed by atoms with Crippen molar-refractivity contribution < 1.29 is 4.79 Å². The molecule has 2 amide bonds.